The highest BCUT2D eigenvalue weighted by atomic mass is 35.5. The monoisotopic (exact) mass is 407 g/mol. The minimum Gasteiger partial charge on any atom is -0.457 e. The van der Waals surface area contributed by atoms with Gasteiger partial charge >= 0.3 is 5.97 Å². The third kappa shape index (κ3) is 4.89. The molecule has 2 aromatic rings. The number of halogens is 1. The molecular formula is C20H22ClNO4S. The standard InChI is InChI=1S/C20H22ClNO4S/c21-19-8-4-3-7-17(19)15-26-20(23)16-9-11-18(12-10-16)27(24,25)22-13-5-1-2-6-14-22/h3-4,7-12H,1-2,5-6,13-15H2. The zero-order chi connectivity index (χ0) is 19.3. The van der Waals surface area contributed by atoms with Gasteiger partial charge in [0.05, 0.1) is 10.5 Å². The number of nitrogens with zero attached hydrogens (tertiary/aromatic N) is 1. The molecule has 0 spiro atoms. The first-order valence-corrected chi connectivity index (χ1v) is 10.8. The van der Waals surface area contributed by atoms with Gasteiger partial charge in [0, 0.05) is 23.7 Å². The van der Waals surface area contributed by atoms with Gasteiger partial charge in [-0.3, -0.25) is 0 Å². The molecule has 7 heteroatoms. The average Bonchev–Trinajstić information content (AvgIpc) is 2.97. The molecule has 0 aromatic heterocycles. The molecule has 0 unspecified atom stereocenters. The second kappa shape index (κ2) is 8.87. The lowest BCUT2D eigenvalue weighted by Crippen LogP contribution is -2.31. The van der Waals surface area contributed by atoms with Crippen LogP contribution in [0.15, 0.2) is 53.4 Å². The van der Waals surface area contributed by atoms with Crippen molar-refractivity contribution in [2.75, 3.05) is 13.1 Å². The quantitative estimate of drug-likeness (QED) is 0.694. The summed E-state index contributed by atoms with van der Waals surface area (Å²) in [5.74, 6) is -0.520. The SMILES string of the molecule is O=C(OCc1ccccc1Cl)c1ccc(S(=O)(=O)N2CCCCCC2)cc1. The van der Waals surface area contributed by atoms with Gasteiger partial charge in [-0.2, -0.15) is 4.31 Å². The van der Waals surface area contributed by atoms with E-state index in [2.05, 4.69) is 0 Å². The van der Waals surface area contributed by atoms with Crippen molar-refractivity contribution in [3.05, 3.63) is 64.7 Å². The zero-order valence-corrected chi connectivity index (χ0v) is 16.5. The molecule has 1 aliphatic heterocycles. The summed E-state index contributed by atoms with van der Waals surface area (Å²) < 4.78 is 32.3. The molecule has 0 saturated carbocycles. The van der Waals surface area contributed by atoms with Gasteiger partial charge in [-0.25, -0.2) is 13.2 Å². The van der Waals surface area contributed by atoms with Crippen LogP contribution in [0.25, 0.3) is 0 Å². The van der Waals surface area contributed by atoms with Crippen molar-refractivity contribution in [3.63, 3.8) is 0 Å². The van der Waals surface area contributed by atoms with Crippen LogP contribution in [0.1, 0.15) is 41.6 Å². The Bertz CT molecular complexity index is 888. The van der Waals surface area contributed by atoms with E-state index < -0.39 is 16.0 Å². The molecule has 0 bridgehead atoms. The minimum atomic E-state index is -3.52. The Labute approximate surface area is 165 Å². The molecule has 1 fully saturated rings. The van der Waals surface area contributed by atoms with Crippen molar-refractivity contribution in [1.29, 1.82) is 0 Å². The number of ether oxygens (including phenoxy) is 1. The molecule has 0 N–H and O–H groups in total. The van der Waals surface area contributed by atoms with Crippen LogP contribution in [0.2, 0.25) is 5.02 Å². The van der Waals surface area contributed by atoms with E-state index in [9.17, 15) is 13.2 Å². The van der Waals surface area contributed by atoms with Gasteiger partial charge in [-0.05, 0) is 43.2 Å². The molecule has 3 rings (SSSR count). The Morgan fingerprint density at radius 1 is 0.963 bits per heavy atom. The van der Waals surface area contributed by atoms with Gasteiger partial charge < -0.3 is 4.74 Å². The second-order valence-corrected chi connectivity index (χ2v) is 8.86. The van der Waals surface area contributed by atoms with Crippen LogP contribution in [-0.2, 0) is 21.4 Å². The van der Waals surface area contributed by atoms with Gasteiger partial charge in [0.1, 0.15) is 6.61 Å². The second-order valence-electron chi connectivity index (χ2n) is 6.51. The number of hydrogen-bond donors (Lipinski definition) is 0. The number of hydrogen-bond acceptors (Lipinski definition) is 4. The fourth-order valence-electron chi connectivity index (χ4n) is 3.04. The van der Waals surface area contributed by atoms with E-state index in [1.54, 1.807) is 18.2 Å². The maximum Gasteiger partial charge on any atom is 0.338 e. The Morgan fingerprint density at radius 2 is 1.59 bits per heavy atom. The molecule has 5 nitrogen and oxygen atoms in total. The molecule has 0 atom stereocenters. The first-order chi connectivity index (χ1) is 13.0. The van der Waals surface area contributed by atoms with E-state index >= 15 is 0 Å². The predicted molar refractivity (Wildman–Crippen MR) is 104 cm³/mol. The van der Waals surface area contributed by atoms with Gasteiger partial charge in [0.15, 0.2) is 0 Å². The first kappa shape index (κ1) is 19.9. The molecule has 27 heavy (non-hydrogen) atoms. The number of esters is 1. The van der Waals surface area contributed by atoms with Crippen molar-refractivity contribution >= 4 is 27.6 Å². The number of carbonyl (C=O) groups is 1. The van der Waals surface area contributed by atoms with Crippen LogP contribution < -0.4 is 0 Å². The molecule has 2 aromatic carbocycles. The summed E-state index contributed by atoms with van der Waals surface area (Å²) >= 11 is 6.05. The van der Waals surface area contributed by atoms with E-state index in [1.807, 2.05) is 6.07 Å². The van der Waals surface area contributed by atoms with Gasteiger partial charge in [-0.1, -0.05) is 42.6 Å². The van der Waals surface area contributed by atoms with Gasteiger partial charge in [-0.15, -0.1) is 0 Å². The van der Waals surface area contributed by atoms with E-state index in [4.69, 9.17) is 16.3 Å². The van der Waals surface area contributed by atoms with Crippen LogP contribution in [0, 0.1) is 0 Å². The average molecular weight is 408 g/mol. The fraction of sp³-hybridized carbons (Fsp3) is 0.350. The third-order valence-corrected chi connectivity index (χ3v) is 6.89. The summed E-state index contributed by atoms with van der Waals surface area (Å²) in [4.78, 5) is 12.4. The molecule has 144 valence electrons. The molecule has 1 aliphatic rings. The summed E-state index contributed by atoms with van der Waals surface area (Å²) in [5, 5.41) is 0.532. The van der Waals surface area contributed by atoms with Crippen molar-refractivity contribution < 1.29 is 17.9 Å². The van der Waals surface area contributed by atoms with Gasteiger partial charge in [0.2, 0.25) is 10.0 Å². The highest BCUT2D eigenvalue weighted by Crippen LogP contribution is 2.21. The normalized spacial score (nSPS) is 15.9. The van der Waals surface area contributed by atoms with Crippen LogP contribution >= 0.6 is 11.6 Å². The maximum absolute atomic E-state index is 12.8. The maximum atomic E-state index is 12.8. The summed E-state index contributed by atoms with van der Waals surface area (Å²) in [6.07, 6.45) is 3.88. The van der Waals surface area contributed by atoms with E-state index in [0.29, 0.717) is 29.2 Å². The number of carbonyl (C=O) groups excluding carboxylic acids is 1. The minimum absolute atomic E-state index is 0.0618. The van der Waals surface area contributed by atoms with Gasteiger partial charge in [0.25, 0.3) is 0 Å². The summed E-state index contributed by atoms with van der Waals surface area (Å²) in [6, 6.07) is 13.0. The predicted octanol–water partition coefficient (Wildman–Crippen LogP) is 4.26. The lowest BCUT2D eigenvalue weighted by atomic mass is 10.2. The number of rotatable bonds is 5. The van der Waals surface area contributed by atoms with E-state index in [0.717, 1.165) is 25.7 Å². The topological polar surface area (TPSA) is 63.7 Å². The Balaban J connectivity index is 1.67. The largest absolute Gasteiger partial charge is 0.457 e. The van der Waals surface area contributed by atoms with E-state index in [-0.39, 0.29) is 11.5 Å². The molecular weight excluding hydrogens is 386 g/mol. The number of benzene rings is 2. The van der Waals surface area contributed by atoms with Crippen LogP contribution in [0.3, 0.4) is 0 Å². The molecule has 0 amide bonds. The Hall–Kier alpha value is -1.89. The van der Waals surface area contributed by atoms with Crippen molar-refractivity contribution in [2.24, 2.45) is 0 Å². The Morgan fingerprint density at radius 3 is 2.22 bits per heavy atom. The number of sulfonamides is 1. The highest BCUT2D eigenvalue weighted by Gasteiger charge is 2.25. The van der Waals surface area contributed by atoms with E-state index in [1.165, 1.54) is 28.6 Å². The van der Waals surface area contributed by atoms with Crippen molar-refractivity contribution in [1.82, 2.24) is 4.31 Å². The lowest BCUT2D eigenvalue weighted by molar-refractivity contribution is 0.0472. The van der Waals surface area contributed by atoms with Crippen molar-refractivity contribution in [3.8, 4) is 0 Å². The Kier molecular flexibility index (Phi) is 6.52. The first-order valence-electron chi connectivity index (χ1n) is 8.99. The lowest BCUT2D eigenvalue weighted by Gasteiger charge is -2.20. The fourth-order valence-corrected chi connectivity index (χ4v) is 4.74. The molecule has 1 heterocycles. The van der Waals surface area contributed by atoms with Crippen LogP contribution in [0.5, 0.6) is 0 Å². The summed E-state index contributed by atoms with van der Waals surface area (Å²) in [6.45, 7) is 1.15. The van der Waals surface area contributed by atoms with Crippen LogP contribution in [-0.4, -0.2) is 31.8 Å². The van der Waals surface area contributed by atoms with Crippen molar-refractivity contribution in [2.45, 2.75) is 37.2 Å². The third-order valence-electron chi connectivity index (χ3n) is 4.61. The summed E-state index contributed by atoms with van der Waals surface area (Å²) in [7, 11) is -3.52. The smallest absolute Gasteiger partial charge is 0.338 e. The highest BCUT2D eigenvalue weighted by molar-refractivity contribution is 7.89. The summed E-state index contributed by atoms with van der Waals surface area (Å²) in [5.41, 5.74) is 1.02. The molecule has 0 aliphatic carbocycles. The molecule has 1 saturated heterocycles. The molecule has 0 radical (unpaired) electrons. The zero-order valence-electron chi connectivity index (χ0n) is 14.9. The van der Waals surface area contributed by atoms with Crippen LogP contribution in [0.4, 0.5) is 0 Å².